The Bertz CT molecular complexity index is 1210. The maximum atomic E-state index is 15.1. The fraction of sp³-hybridized carbons (Fsp3) is 0.394. The van der Waals surface area contributed by atoms with E-state index in [-0.39, 0.29) is 23.6 Å². The summed E-state index contributed by atoms with van der Waals surface area (Å²) in [5, 5.41) is 0. The number of unbranched alkanes of at least 4 members (excludes halogenated alkanes) is 3. The van der Waals surface area contributed by atoms with E-state index in [4.69, 9.17) is 9.47 Å². The van der Waals surface area contributed by atoms with E-state index in [9.17, 15) is 8.78 Å². The minimum absolute atomic E-state index is 0.0219. The third-order valence-corrected chi connectivity index (χ3v) is 7.20. The lowest BCUT2D eigenvalue weighted by Crippen LogP contribution is -2.30. The van der Waals surface area contributed by atoms with E-state index in [1.807, 2.05) is 19.1 Å². The second kappa shape index (κ2) is 13.8. The number of hydrogen-bond acceptors (Lipinski definition) is 2. The van der Waals surface area contributed by atoms with Crippen LogP contribution in [0.25, 0.3) is 22.3 Å². The normalized spacial score (nSPS) is 17.8. The van der Waals surface area contributed by atoms with E-state index < -0.39 is 11.6 Å². The summed E-state index contributed by atoms with van der Waals surface area (Å²) in [5.41, 5.74) is 3.15. The molecule has 0 bridgehead atoms. The molecule has 38 heavy (non-hydrogen) atoms. The highest BCUT2D eigenvalue weighted by Crippen LogP contribution is 2.32. The van der Waals surface area contributed by atoms with Gasteiger partial charge >= 0.3 is 0 Å². The van der Waals surface area contributed by atoms with Crippen LogP contribution < -0.4 is 0 Å². The molecule has 0 aromatic heterocycles. The standard InChI is InChI=1S/C33H37F3O2/c1-3-5-7-9-10-25-16-19-29(33(36)32(25)35)24-14-12-23(13-15-24)28-18-17-26(20-30(28)34)27-21-37-31(38-22-27)11-8-6-4-2/h4,6,12-20,27,31H,3,5,7-11,21-22H2,1-2H3. The van der Waals surface area contributed by atoms with Gasteiger partial charge in [0.05, 0.1) is 13.2 Å². The van der Waals surface area contributed by atoms with Crippen LogP contribution in [0.1, 0.15) is 69.4 Å². The van der Waals surface area contributed by atoms with Crippen LogP contribution in [0.3, 0.4) is 0 Å². The number of aryl methyl sites for hydroxylation is 1. The van der Waals surface area contributed by atoms with Crippen molar-refractivity contribution < 1.29 is 22.6 Å². The van der Waals surface area contributed by atoms with Gasteiger partial charge in [-0.05, 0) is 54.5 Å². The Morgan fingerprint density at radius 1 is 0.816 bits per heavy atom. The van der Waals surface area contributed by atoms with Crippen LogP contribution in [-0.2, 0) is 15.9 Å². The topological polar surface area (TPSA) is 18.5 Å². The van der Waals surface area contributed by atoms with E-state index in [1.165, 1.54) is 6.07 Å². The molecule has 2 nitrogen and oxygen atoms in total. The molecule has 0 atom stereocenters. The first kappa shape index (κ1) is 28.1. The first-order valence-electron chi connectivity index (χ1n) is 13.7. The molecule has 0 saturated carbocycles. The number of rotatable bonds is 11. The van der Waals surface area contributed by atoms with Crippen LogP contribution in [0.2, 0.25) is 0 Å². The molecule has 1 aliphatic heterocycles. The van der Waals surface area contributed by atoms with E-state index in [2.05, 4.69) is 13.0 Å². The number of benzene rings is 3. The fourth-order valence-electron chi connectivity index (χ4n) is 4.90. The molecule has 1 heterocycles. The van der Waals surface area contributed by atoms with Crippen molar-refractivity contribution in [1.82, 2.24) is 0 Å². The van der Waals surface area contributed by atoms with E-state index in [1.54, 1.807) is 42.5 Å². The molecular formula is C33H37F3O2. The average molecular weight is 523 g/mol. The number of halogens is 3. The van der Waals surface area contributed by atoms with Gasteiger partial charge in [0.25, 0.3) is 0 Å². The minimum atomic E-state index is -0.831. The smallest absolute Gasteiger partial charge is 0.166 e. The zero-order chi connectivity index (χ0) is 26.9. The van der Waals surface area contributed by atoms with E-state index >= 15 is 4.39 Å². The Kier molecular flexibility index (Phi) is 10.2. The van der Waals surface area contributed by atoms with Crippen molar-refractivity contribution in [2.24, 2.45) is 0 Å². The quantitative estimate of drug-likeness (QED) is 0.184. The molecule has 202 valence electrons. The summed E-state index contributed by atoms with van der Waals surface area (Å²) in [4.78, 5) is 0. The Balaban J connectivity index is 1.42. The predicted molar refractivity (Wildman–Crippen MR) is 148 cm³/mol. The van der Waals surface area contributed by atoms with Gasteiger partial charge in [0.15, 0.2) is 17.9 Å². The molecule has 0 aliphatic carbocycles. The summed E-state index contributed by atoms with van der Waals surface area (Å²) in [6, 6.07) is 15.4. The van der Waals surface area contributed by atoms with Crippen LogP contribution >= 0.6 is 0 Å². The van der Waals surface area contributed by atoms with Crippen molar-refractivity contribution in [2.75, 3.05) is 13.2 Å². The molecule has 4 rings (SSSR count). The highest BCUT2D eigenvalue weighted by molar-refractivity contribution is 5.71. The van der Waals surface area contributed by atoms with Gasteiger partial charge in [-0.25, -0.2) is 13.2 Å². The highest BCUT2D eigenvalue weighted by atomic mass is 19.2. The largest absolute Gasteiger partial charge is 0.352 e. The number of hydrogen-bond donors (Lipinski definition) is 0. The SMILES string of the molecule is CC=CCCC1OCC(c2ccc(-c3ccc(-c4ccc(CCCCCC)c(F)c4F)cc3)c(F)c2)CO1. The van der Waals surface area contributed by atoms with Crippen LogP contribution in [0.4, 0.5) is 13.2 Å². The molecule has 0 spiro atoms. The Morgan fingerprint density at radius 2 is 1.50 bits per heavy atom. The van der Waals surface area contributed by atoms with Gasteiger partial charge < -0.3 is 9.47 Å². The van der Waals surface area contributed by atoms with Crippen molar-refractivity contribution in [3.63, 3.8) is 0 Å². The second-order valence-corrected chi connectivity index (χ2v) is 9.97. The van der Waals surface area contributed by atoms with E-state index in [0.717, 1.165) is 44.1 Å². The molecule has 1 saturated heterocycles. The van der Waals surface area contributed by atoms with Gasteiger partial charge in [0.2, 0.25) is 0 Å². The fourth-order valence-corrected chi connectivity index (χ4v) is 4.90. The molecule has 3 aromatic carbocycles. The maximum Gasteiger partial charge on any atom is 0.166 e. The van der Waals surface area contributed by atoms with Gasteiger partial charge in [-0.2, -0.15) is 0 Å². The molecule has 3 aromatic rings. The summed E-state index contributed by atoms with van der Waals surface area (Å²) in [6.45, 7) is 5.09. The molecule has 1 fully saturated rings. The van der Waals surface area contributed by atoms with Gasteiger partial charge in [-0.3, -0.25) is 0 Å². The van der Waals surface area contributed by atoms with Gasteiger partial charge in [0, 0.05) is 23.5 Å². The average Bonchev–Trinajstić information content (AvgIpc) is 2.94. The molecule has 0 N–H and O–H groups in total. The van der Waals surface area contributed by atoms with E-state index in [0.29, 0.717) is 41.9 Å². The zero-order valence-corrected chi connectivity index (χ0v) is 22.3. The molecule has 0 amide bonds. The van der Waals surface area contributed by atoms with Crippen LogP contribution in [0.15, 0.2) is 66.7 Å². The second-order valence-electron chi connectivity index (χ2n) is 9.97. The predicted octanol–water partition coefficient (Wildman–Crippen LogP) is 9.37. The summed E-state index contributed by atoms with van der Waals surface area (Å²) in [7, 11) is 0. The molecule has 0 unspecified atom stereocenters. The van der Waals surface area contributed by atoms with Crippen molar-refractivity contribution in [2.45, 2.75) is 71.0 Å². The summed E-state index contributed by atoms with van der Waals surface area (Å²) < 4.78 is 56.3. The minimum Gasteiger partial charge on any atom is -0.352 e. The molecular weight excluding hydrogens is 485 g/mol. The van der Waals surface area contributed by atoms with Crippen molar-refractivity contribution >= 4 is 0 Å². The van der Waals surface area contributed by atoms with Crippen LogP contribution in [0.5, 0.6) is 0 Å². The zero-order valence-electron chi connectivity index (χ0n) is 22.3. The monoisotopic (exact) mass is 522 g/mol. The lowest BCUT2D eigenvalue weighted by molar-refractivity contribution is -0.189. The first-order valence-corrected chi connectivity index (χ1v) is 13.7. The number of ether oxygens (including phenoxy) is 2. The molecule has 0 radical (unpaired) electrons. The third kappa shape index (κ3) is 6.95. The van der Waals surface area contributed by atoms with Crippen molar-refractivity contribution in [3.8, 4) is 22.3 Å². The first-order chi connectivity index (χ1) is 18.5. The third-order valence-electron chi connectivity index (χ3n) is 7.20. The lowest BCUT2D eigenvalue weighted by Gasteiger charge is -2.29. The Morgan fingerprint density at radius 3 is 2.16 bits per heavy atom. The lowest BCUT2D eigenvalue weighted by atomic mass is 9.94. The van der Waals surface area contributed by atoms with Gasteiger partial charge in [-0.15, -0.1) is 0 Å². The summed E-state index contributed by atoms with van der Waals surface area (Å²) in [6.07, 6.45) is 10.2. The highest BCUT2D eigenvalue weighted by Gasteiger charge is 2.24. The number of allylic oxidation sites excluding steroid dienone is 2. The molecule has 5 heteroatoms. The van der Waals surface area contributed by atoms with Gasteiger partial charge in [-0.1, -0.05) is 86.9 Å². The van der Waals surface area contributed by atoms with Crippen molar-refractivity contribution in [3.05, 3.63) is 95.3 Å². The summed E-state index contributed by atoms with van der Waals surface area (Å²) >= 11 is 0. The Labute approximate surface area is 224 Å². The maximum absolute atomic E-state index is 15.1. The van der Waals surface area contributed by atoms with Crippen molar-refractivity contribution in [1.29, 1.82) is 0 Å². The van der Waals surface area contributed by atoms with Crippen LogP contribution in [0, 0.1) is 17.5 Å². The Hall–Kier alpha value is -2.89. The van der Waals surface area contributed by atoms with Crippen LogP contribution in [-0.4, -0.2) is 19.5 Å². The summed E-state index contributed by atoms with van der Waals surface area (Å²) in [5.74, 6) is -1.96. The van der Waals surface area contributed by atoms with Gasteiger partial charge in [0.1, 0.15) is 5.82 Å². The molecule has 1 aliphatic rings.